The van der Waals surface area contributed by atoms with E-state index in [4.69, 9.17) is 38.9 Å². The summed E-state index contributed by atoms with van der Waals surface area (Å²) in [5.41, 5.74) is 14.3. The third-order valence-corrected chi connectivity index (χ3v) is 32.1. The Hall–Kier alpha value is -19.6. The topological polar surface area (TPSA) is 167 Å². The van der Waals surface area contributed by atoms with Gasteiger partial charge in [0.1, 0.15) is 70.2 Å². The van der Waals surface area contributed by atoms with Gasteiger partial charge in [-0.3, -0.25) is 20.0 Å². The van der Waals surface area contributed by atoms with Crippen molar-refractivity contribution in [3.8, 4) is 113 Å². The molecule has 28 aromatic rings. The fraction of sp³-hybridized carbons (Fsp3) is 0.0435. The molecule has 704 valence electrons. The molecule has 28 aromatic carbocycles. The second-order valence-electron chi connectivity index (χ2n) is 40.4. The summed E-state index contributed by atoms with van der Waals surface area (Å²) in [6, 6.07) is 141. The highest BCUT2D eigenvalue weighted by molar-refractivity contribution is 6.28. The van der Waals surface area contributed by atoms with Crippen LogP contribution in [-0.2, 0) is 0 Å². The first-order chi connectivity index (χ1) is 73.9. The number of hydrogen-bond acceptors (Lipinski definition) is 12. The number of aromatic hydroxyl groups is 4. The van der Waals surface area contributed by atoms with Crippen molar-refractivity contribution in [2.75, 3.05) is 13.6 Å². The van der Waals surface area contributed by atoms with E-state index in [9.17, 15) is 20.4 Å². The largest absolute Gasteiger partial charge is 0.507 e. The van der Waals surface area contributed by atoms with E-state index in [0.717, 1.165) is 218 Å². The zero-order valence-corrected chi connectivity index (χ0v) is 80.5. The Morgan fingerprint density at radius 2 is 0.353 bits per heavy atom. The molecule has 4 N–H and O–H groups in total. The molecule has 4 atom stereocenters. The van der Waals surface area contributed by atoms with Gasteiger partial charge in [-0.2, -0.15) is 0 Å². The predicted molar refractivity (Wildman–Crippen MR) is 616 cm³/mol. The van der Waals surface area contributed by atoms with Crippen molar-refractivity contribution >= 4 is 197 Å². The number of benzene rings is 28. The van der Waals surface area contributed by atoms with Crippen LogP contribution in [0, 0.1) is 0 Å². The van der Waals surface area contributed by atoms with E-state index in [1.54, 1.807) is 49.1 Å². The number of phenolic OH excluding ortho intramolecular Hbond substituents is 4. The van der Waals surface area contributed by atoms with Crippen molar-refractivity contribution < 1.29 is 39.4 Å². The van der Waals surface area contributed by atoms with Gasteiger partial charge in [0.05, 0.1) is 0 Å². The van der Waals surface area contributed by atoms with Crippen LogP contribution in [0.3, 0.4) is 0 Å². The molecule has 0 saturated heterocycles. The van der Waals surface area contributed by atoms with Crippen LogP contribution in [0.2, 0.25) is 0 Å². The Kier molecular flexibility index (Phi) is 18.7. The summed E-state index contributed by atoms with van der Waals surface area (Å²) in [6.07, 6.45) is 7.14. The van der Waals surface area contributed by atoms with Gasteiger partial charge in [-0.05, 0) is 338 Å². The quantitative estimate of drug-likeness (QED) is 0.126. The minimum absolute atomic E-state index is 0.0171. The maximum atomic E-state index is 13.1. The first-order valence-electron chi connectivity index (χ1n) is 50.9. The third kappa shape index (κ3) is 13.3. The highest BCUT2D eigenvalue weighted by Crippen LogP contribution is 2.59. The van der Waals surface area contributed by atoms with Gasteiger partial charge >= 0.3 is 0 Å². The lowest BCUT2D eigenvalue weighted by atomic mass is 9.86. The molecule has 12 heterocycles. The Morgan fingerprint density at radius 3 is 0.553 bits per heavy atom. The van der Waals surface area contributed by atoms with Gasteiger partial charge in [0.15, 0.2) is 0 Å². The second-order valence-corrected chi connectivity index (χ2v) is 40.4. The number of aliphatic imine (C=N–C) groups is 4. The van der Waals surface area contributed by atoms with Gasteiger partial charge in [-0.15, -0.1) is 0 Å². The van der Waals surface area contributed by atoms with Crippen molar-refractivity contribution in [3.05, 3.63) is 457 Å². The summed E-state index contributed by atoms with van der Waals surface area (Å²) in [5.74, 6) is 2.18. The molecule has 0 fully saturated rings. The lowest BCUT2D eigenvalue weighted by Crippen LogP contribution is -2.10. The summed E-state index contributed by atoms with van der Waals surface area (Å²) < 4.78 is 28.4. The molecule has 0 radical (unpaired) electrons. The Labute approximate surface area is 858 Å². The fourth-order valence-corrected chi connectivity index (χ4v) is 25.2. The van der Waals surface area contributed by atoms with Gasteiger partial charge in [0.25, 0.3) is 0 Å². The normalized spacial score (nSPS) is 15.4. The summed E-state index contributed by atoms with van der Waals surface area (Å²) in [7, 11) is 0. The number of nitrogens with zero attached hydrogens (tertiary/aromatic N) is 4. The van der Waals surface area contributed by atoms with Crippen molar-refractivity contribution in [1.82, 2.24) is 0 Å². The molecule has 0 unspecified atom stereocenters. The summed E-state index contributed by atoms with van der Waals surface area (Å²) in [4.78, 5) is 23.2. The van der Waals surface area contributed by atoms with Gasteiger partial charge in [0.2, 0.25) is 13.6 Å². The average molecular weight is 1930 g/mol. The molecular formula is C138H84N4O8. The maximum Gasteiger partial charge on any atom is 0.231 e. The second kappa shape index (κ2) is 33.0. The van der Waals surface area contributed by atoms with E-state index in [1.807, 2.05) is 97.1 Å². The molecule has 20 bridgehead atoms. The lowest BCUT2D eigenvalue weighted by Gasteiger charge is -2.24. The fourth-order valence-electron chi connectivity index (χ4n) is 25.2. The molecule has 0 aliphatic carbocycles. The molecule has 40 rings (SSSR count). The number of hydrogen-bond donors (Lipinski definition) is 4. The summed E-state index contributed by atoms with van der Waals surface area (Å²) in [5, 5.41) is 86.8. The maximum absolute atomic E-state index is 13.1. The van der Waals surface area contributed by atoms with Crippen molar-refractivity contribution in [2.24, 2.45) is 20.0 Å². The molecule has 12 nitrogen and oxygen atoms in total. The standard InChI is InChI=1S/C138H84N4O8/c143-115-65-87-37-49-99(115)69-139-131(103-53-91-41-29-75-17-9-18-76-30-42-92(54-103)123(91)119(75)76)132(104-55-93-43-31-77-19-10-20-78-32-44-94(56-104)124(93)120(77)78)141-71-101-51-39-89(67-117(101)145)113-63-85-15-3-7-27-109(85)129-130-110-28-8-4-16-86(110)64-114(138(130)150-74-149-137(113)129)90-40-52-102(118(146)68-90)72-142-134(106-59-97-47-35-81-23-12-24-82-36-48-98(60-106)126(97)122(81)82)133(105-57-95-45-33-79-21-11-22-80-34-46-96(58-105)125(95)121(79)80)140-70-100-50-38-88(66-116(100)144)112-62-84-14-2-6-26-108(84)128-127-107-25-5-1-13-83(107)61-111(87)135(127)147-73-148-136(112)128/h1-72,131-134,143-146H,73-74H2/t131-,132-,133-,134-/m0/s1. The van der Waals surface area contributed by atoms with E-state index >= 15 is 0 Å². The van der Waals surface area contributed by atoms with Crippen molar-refractivity contribution in [3.63, 3.8) is 0 Å². The third-order valence-electron chi connectivity index (χ3n) is 32.1. The summed E-state index contributed by atoms with van der Waals surface area (Å²) in [6.45, 7) is -0.374. The minimum atomic E-state index is -0.778. The average Bonchev–Trinajstić information content (AvgIpc) is 1.42. The Balaban J connectivity index is 0.624. The van der Waals surface area contributed by atoms with Crippen molar-refractivity contribution in [2.45, 2.75) is 24.2 Å². The first-order valence-corrected chi connectivity index (χ1v) is 50.9. The highest BCUT2D eigenvalue weighted by Gasteiger charge is 2.36. The molecule has 150 heavy (non-hydrogen) atoms. The number of rotatable bonds is 4. The predicted octanol–water partition coefficient (Wildman–Crippen LogP) is 34.5. The van der Waals surface area contributed by atoms with E-state index in [1.165, 1.54) is 21.5 Å². The number of phenols is 4. The lowest BCUT2D eigenvalue weighted by molar-refractivity contribution is 0.126. The summed E-state index contributed by atoms with van der Waals surface area (Å²) >= 11 is 0. The van der Waals surface area contributed by atoms with E-state index in [-0.39, 0.29) is 36.6 Å². The number of fused-ring (bicyclic) bond motifs is 4. The van der Waals surface area contributed by atoms with E-state index < -0.39 is 24.2 Å². The zero-order chi connectivity index (χ0) is 98.9. The van der Waals surface area contributed by atoms with Crippen LogP contribution in [0.25, 0.3) is 239 Å². The minimum Gasteiger partial charge on any atom is -0.507 e. The van der Waals surface area contributed by atoms with Crippen LogP contribution in [0.4, 0.5) is 0 Å². The smallest absolute Gasteiger partial charge is 0.231 e. The molecule has 0 aromatic heterocycles. The van der Waals surface area contributed by atoms with Crippen LogP contribution < -0.4 is 18.9 Å². The molecule has 0 saturated carbocycles. The van der Waals surface area contributed by atoms with Gasteiger partial charge < -0.3 is 39.4 Å². The molecule has 12 aliphatic heterocycles. The molecule has 12 aliphatic rings. The van der Waals surface area contributed by atoms with Crippen LogP contribution in [-0.4, -0.2) is 58.9 Å². The molecular weight excluding hydrogens is 1840 g/mol. The van der Waals surface area contributed by atoms with Gasteiger partial charge in [0, 0.05) is 91.6 Å². The Bertz CT molecular complexity index is 9350. The monoisotopic (exact) mass is 1920 g/mol. The number of ether oxygens (including phenoxy) is 4. The van der Waals surface area contributed by atoms with Crippen LogP contribution >= 0.6 is 0 Å². The first kappa shape index (κ1) is 84.9. The Morgan fingerprint density at radius 1 is 0.173 bits per heavy atom. The van der Waals surface area contributed by atoms with E-state index in [2.05, 4.69) is 291 Å². The van der Waals surface area contributed by atoms with E-state index in [0.29, 0.717) is 67.5 Å². The molecule has 0 amide bonds. The van der Waals surface area contributed by atoms with Crippen LogP contribution in [0.15, 0.2) is 432 Å². The highest BCUT2D eigenvalue weighted by atomic mass is 16.7. The van der Waals surface area contributed by atoms with Crippen LogP contribution in [0.5, 0.6) is 46.0 Å². The SMILES string of the molecule is Oc1cc2ccc1C=N[C@@H](c1cc3ccc4cccc5ccc(c1)c3c45)[C@H](c1cc3ccc4cccc5ccc(c1)c3c45)N=Cc1ccc(cc1O)-c1cc3ccccc3c3c1OCOc1c(cc4ccccc4c1-3)-c1ccc(c(O)c1)C=N[C@@H](c1cc3ccc4cccc5ccc(c1)c3c45)[C@H](c1cc3ccc4cccc5ccc(c1)c3c45)N=Cc1ccc(cc1O)-c1cc3ccccc3c3c1OCOc1c-2cc2ccccc2c1-3. The van der Waals surface area contributed by atoms with Gasteiger partial charge in [-0.1, -0.05) is 291 Å². The van der Waals surface area contributed by atoms with Crippen molar-refractivity contribution in [1.29, 1.82) is 0 Å². The van der Waals surface area contributed by atoms with Gasteiger partial charge in [-0.25, -0.2) is 0 Å². The zero-order valence-electron chi connectivity index (χ0n) is 80.5. The molecule has 0 spiro atoms. The van der Waals surface area contributed by atoms with Crippen LogP contribution in [0.1, 0.15) is 68.7 Å². The molecule has 12 heteroatoms.